The smallest absolute Gasteiger partial charge is 0.394 e. The number of carboxylic acids is 1. The molecule has 2 saturated heterocycles. The van der Waals surface area contributed by atoms with Crippen molar-refractivity contribution in [3.8, 4) is 0 Å². The maximum Gasteiger partial charge on any atom is 0.394 e. The van der Waals surface area contributed by atoms with E-state index in [2.05, 4.69) is 0 Å². The summed E-state index contributed by atoms with van der Waals surface area (Å²) in [6.07, 6.45) is -4.62. The van der Waals surface area contributed by atoms with Gasteiger partial charge in [0.2, 0.25) is 0 Å². The number of aliphatic carboxylic acids is 1. The van der Waals surface area contributed by atoms with Crippen molar-refractivity contribution in [1.82, 2.24) is 9.80 Å². The number of nitrogens with zero attached hydrogens (tertiary/aromatic N) is 2. The monoisotopic (exact) mass is 296 g/mol. The molecule has 20 heavy (non-hydrogen) atoms. The molecule has 6 nitrogen and oxygen atoms in total. The minimum absolute atomic E-state index is 0.309. The van der Waals surface area contributed by atoms with Crippen LogP contribution >= 0.6 is 0 Å². The number of likely N-dealkylation sites (tertiary alicyclic amines) is 1. The average molecular weight is 296 g/mol. The van der Waals surface area contributed by atoms with E-state index in [9.17, 15) is 22.8 Å². The summed E-state index contributed by atoms with van der Waals surface area (Å²) in [4.78, 5) is 25.4. The summed E-state index contributed by atoms with van der Waals surface area (Å²) in [5, 5.41) is 8.89. The molecule has 0 saturated carbocycles. The van der Waals surface area contributed by atoms with Crippen LogP contribution < -0.4 is 0 Å². The van der Waals surface area contributed by atoms with Crippen LogP contribution in [-0.4, -0.2) is 72.5 Å². The molecule has 9 heteroatoms. The fourth-order valence-corrected chi connectivity index (χ4v) is 2.50. The highest BCUT2D eigenvalue weighted by Gasteiger charge is 2.53. The maximum absolute atomic E-state index is 12.8. The zero-order valence-corrected chi connectivity index (χ0v) is 10.6. The molecule has 0 aromatic heterocycles. The van der Waals surface area contributed by atoms with E-state index >= 15 is 0 Å². The van der Waals surface area contributed by atoms with Gasteiger partial charge in [-0.15, -0.1) is 0 Å². The lowest BCUT2D eigenvalue weighted by Gasteiger charge is -2.31. The second-order valence-corrected chi connectivity index (χ2v) is 4.88. The quantitative estimate of drug-likeness (QED) is 0.770. The molecule has 2 aliphatic heterocycles. The molecular formula is C11H15F3N2O4. The summed E-state index contributed by atoms with van der Waals surface area (Å²) in [7, 11) is 0. The second kappa shape index (κ2) is 5.47. The normalized spacial score (nSPS) is 27.8. The molecule has 114 valence electrons. The molecule has 2 heterocycles. The highest BCUT2D eigenvalue weighted by Crippen LogP contribution is 2.38. The van der Waals surface area contributed by atoms with Crippen LogP contribution in [0.4, 0.5) is 18.0 Å². The first-order valence-electron chi connectivity index (χ1n) is 6.22. The Labute approximate surface area is 113 Å². The van der Waals surface area contributed by atoms with Crippen molar-refractivity contribution < 1.29 is 32.6 Å². The van der Waals surface area contributed by atoms with E-state index in [4.69, 9.17) is 9.84 Å². The van der Waals surface area contributed by atoms with Gasteiger partial charge in [0, 0.05) is 26.2 Å². The lowest BCUT2D eigenvalue weighted by Crippen LogP contribution is -2.47. The van der Waals surface area contributed by atoms with Crippen molar-refractivity contribution in [2.75, 3.05) is 39.4 Å². The Hall–Kier alpha value is -1.51. The number of carbonyl (C=O) groups excluding carboxylic acids is 1. The maximum atomic E-state index is 12.8. The van der Waals surface area contributed by atoms with Crippen molar-refractivity contribution in [3.63, 3.8) is 0 Å². The van der Waals surface area contributed by atoms with Gasteiger partial charge in [-0.3, -0.25) is 4.79 Å². The van der Waals surface area contributed by atoms with Crippen molar-refractivity contribution in [2.45, 2.75) is 6.18 Å². The number of carboxylic acid groups (broad SMARTS) is 1. The molecule has 2 fully saturated rings. The Bertz CT molecular complexity index is 396. The van der Waals surface area contributed by atoms with Crippen LogP contribution in [0.5, 0.6) is 0 Å². The van der Waals surface area contributed by atoms with Gasteiger partial charge in [-0.2, -0.15) is 13.2 Å². The topological polar surface area (TPSA) is 70.1 Å². The van der Waals surface area contributed by atoms with Crippen LogP contribution in [0.2, 0.25) is 0 Å². The molecule has 2 atom stereocenters. The van der Waals surface area contributed by atoms with Crippen LogP contribution in [0.25, 0.3) is 0 Å². The molecule has 0 spiro atoms. The summed E-state index contributed by atoms with van der Waals surface area (Å²) in [6.45, 7) is 0.287. The number of morpholine rings is 1. The third-order valence-corrected chi connectivity index (χ3v) is 3.61. The van der Waals surface area contributed by atoms with E-state index in [1.165, 1.54) is 4.90 Å². The molecule has 0 unspecified atom stereocenters. The van der Waals surface area contributed by atoms with Crippen LogP contribution in [0.1, 0.15) is 0 Å². The Kier molecular flexibility index (Phi) is 4.07. The fourth-order valence-electron chi connectivity index (χ4n) is 2.50. The first-order chi connectivity index (χ1) is 9.30. The zero-order chi connectivity index (χ0) is 14.9. The van der Waals surface area contributed by atoms with Gasteiger partial charge in [-0.25, -0.2) is 4.79 Å². The molecule has 0 aromatic rings. The molecular weight excluding hydrogens is 281 g/mol. The standard InChI is InChI=1S/C11H15F3N2O4/c12-11(13,14)8-6-16(5-7(8)9(17)18)10(19)15-1-3-20-4-2-15/h7-8H,1-6H2,(H,17,18)/t7-,8-/m1/s1. The number of ether oxygens (including phenoxy) is 1. The Balaban J connectivity index is 2.07. The number of alkyl halides is 3. The van der Waals surface area contributed by atoms with Crippen molar-refractivity contribution in [3.05, 3.63) is 0 Å². The summed E-state index contributed by atoms with van der Waals surface area (Å²) in [5.41, 5.74) is 0. The molecule has 0 radical (unpaired) electrons. The SMILES string of the molecule is O=C(O)[C@@H]1CN(C(=O)N2CCOCC2)C[C@H]1C(F)(F)F. The van der Waals surface area contributed by atoms with Crippen molar-refractivity contribution >= 4 is 12.0 Å². The minimum Gasteiger partial charge on any atom is -0.481 e. The Morgan fingerprint density at radius 1 is 1.10 bits per heavy atom. The second-order valence-electron chi connectivity index (χ2n) is 4.88. The van der Waals surface area contributed by atoms with Crippen LogP contribution in [0.15, 0.2) is 0 Å². The van der Waals surface area contributed by atoms with Gasteiger partial charge in [0.1, 0.15) is 0 Å². The summed E-state index contributed by atoms with van der Waals surface area (Å²) >= 11 is 0. The van der Waals surface area contributed by atoms with E-state index in [0.29, 0.717) is 26.3 Å². The van der Waals surface area contributed by atoms with Crippen molar-refractivity contribution in [2.24, 2.45) is 11.8 Å². The van der Waals surface area contributed by atoms with Crippen molar-refractivity contribution in [1.29, 1.82) is 0 Å². The molecule has 0 aromatic carbocycles. The molecule has 0 aliphatic carbocycles. The number of amides is 2. The molecule has 2 amide bonds. The van der Waals surface area contributed by atoms with E-state index < -0.39 is 43.1 Å². The predicted molar refractivity (Wildman–Crippen MR) is 60.0 cm³/mol. The zero-order valence-electron chi connectivity index (χ0n) is 10.6. The Morgan fingerprint density at radius 2 is 1.70 bits per heavy atom. The van der Waals surface area contributed by atoms with Crippen LogP contribution in [-0.2, 0) is 9.53 Å². The van der Waals surface area contributed by atoms with Crippen LogP contribution in [0, 0.1) is 11.8 Å². The molecule has 1 N–H and O–H groups in total. The number of carbonyl (C=O) groups is 2. The van der Waals surface area contributed by atoms with E-state index in [0.717, 1.165) is 4.90 Å². The summed E-state index contributed by atoms with van der Waals surface area (Å²) in [6, 6.07) is -0.550. The van der Waals surface area contributed by atoms with E-state index in [1.807, 2.05) is 0 Å². The highest BCUT2D eigenvalue weighted by molar-refractivity contribution is 5.78. The Morgan fingerprint density at radius 3 is 2.15 bits per heavy atom. The lowest BCUT2D eigenvalue weighted by atomic mass is 9.96. The van der Waals surface area contributed by atoms with Crippen LogP contribution in [0.3, 0.4) is 0 Å². The van der Waals surface area contributed by atoms with Gasteiger partial charge in [0.15, 0.2) is 0 Å². The number of hydrogen-bond acceptors (Lipinski definition) is 3. The van der Waals surface area contributed by atoms with Gasteiger partial charge in [0.05, 0.1) is 25.0 Å². The molecule has 2 rings (SSSR count). The number of halogens is 3. The van der Waals surface area contributed by atoms with E-state index in [1.54, 1.807) is 0 Å². The van der Waals surface area contributed by atoms with Gasteiger partial charge < -0.3 is 19.6 Å². The third kappa shape index (κ3) is 2.97. The number of rotatable bonds is 1. The fraction of sp³-hybridized carbons (Fsp3) is 0.818. The summed E-state index contributed by atoms with van der Waals surface area (Å²) in [5.74, 6) is -5.13. The molecule has 2 aliphatic rings. The summed E-state index contributed by atoms with van der Waals surface area (Å²) < 4.78 is 43.5. The predicted octanol–water partition coefficient (Wildman–Crippen LogP) is 0.634. The first kappa shape index (κ1) is 14.9. The third-order valence-electron chi connectivity index (χ3n) is 3.61. The largest absolute Gasteiger partial charge is 0.481 e. The average Bonchev–Trinajstić information content (AvgIpc) is 2.84. The first-order valence-corrected chi connectivity index (χ1v) is 6.22. The van der Waals surface area contributed by atoms with Gasteiger partial charge in [-0.05, 0) is 0 Å². The molecule has 0 bridgehead atoms. The number of urea groups is 1. The van der Waals surface area contributed by atoms with Gasteiger partial charge in [0.25, 0.3) is 0 Å². The highest BCUT2D eigenvalue weighted by atomic mass is 19.4. The van der Waals surface area contributed by atoms with E-state index in [-0.39, 0.29) is 0 Å². The van der Waals surface area contributed by atoms with Gasteiger partial charge >= 0.3 is 18.2 Å². The minimum atomic E-state index is -4.62. The lowest BCUT2D eigenvalue weighted by molar-refractivity contribution is -0.187. The number of hydrogen-bond donors (Lipinski definition) is 1. The van der Waals surface area contributed by atoms with Gasteiger partial charge in [-0.1, -0.05) is 0 Å².